The Labute approximate surface area is 356 Å². The Morgan fingerprint density at radius 1 is 0.456 bits per heavy atom. The van der Waals surface area contributed by atoms with E-state index in [9.17, 15) is 4.79 Å². The van der Waals surface area contributed by atoms with Crippen molar-refractivity contribution in [2.24, 2.45) is 88.8 Å². The molecule has 4 aliphatic carbocycles. The Bertz CT molecular complexity index is 1270. The third-order valence-electron chi connectivity index (χ3n) is 18.7. The monoisotopic (exact) mass is 789 g/mol. The molecule has 2 heteroatoms. The van der Waals surface area contributed by atoms with Crippen molar-refractivity contribution in [2.75, 3.05) is 0 Å². The summed E-state index contributed by atoms with van der Waals surface area (Å²) in [7, 11) is 0. The molecule has 328 valence electrons. The van der Waals surface area contributed by atoms with Crippen LogP contribution in [0.5, 0.6) is 0 Å². The van der Waals surface area contributed by atoms with Crippen LogP contribution in [-0.4, -0.2) is 12.1 Å². The molecule has 0 amide bonds. The molecule has 16 atom stereocenters. The maximum Gasteiger partial charge on any atom is 0.309 e. The molecule has 0 saturated heterocycles. The second kappa shape index (κ2) is 23.1. The number of carbonyl (C=O) groups excluding carboxylic acids is 1. The van der Waals surface area contributed by atoms with Crippen molar-refractivity contribution < 1.29 is 9.53 Å². The van der Waals surface area contributed by atoms with Gasteiger partial charge < -0.3 is 4.74 Å². The van der Waals surface area contributed by atoms with Gasteiger partial charge in [-0.15, -0.1) is 0 Å². The molecular formula is C55H96O2. The number of hydrogen-bond acceptors (Lipinski definition) is 2. The van der Waals surface area contributed by atoms with Crippen LogP contribution in [0, 0.1) is 103 Å². The summed E-state index contributed by atoms with van der Waals surface area (Å²) in [6.07, 6.45) is 23.8. The summed E-state index contributed by atoms with van der Waals surface area (Å²) in [4.78, 5) is 12.9. The molecule has 16 unspecified atom stereocenters. The lowest BCUT2D eigenvalue weighted by molar-refractivity contribution is -0.165. The quantitative estimate of drug-likeness (QED) is 0.176. The predicted molar refractivity (Wildman–Crippen MR) is 248 cm³/mol. The fourth-order valence-corrected chi connectivity index (χ4v) is 13.4. The summed E-state index contributed by atoms with van der Waals surface area (Å²) in [5.41, 5.74) is 6.46. The minimum atomic E-state index is 0.104. The van der Waals surface area contributed by atoms with E-state index in [1.165, 1.54) is 103 Å². The summed E-state index contributed by atoms with van der Waals surface area (Å²) in [5.74, 6) is 11.3. The van der Waals surface area contributed by atoms with Crippen molar-refractivity contribution in [1.29, 1.82) is 0 Å². The maximum atomic E-state index is 12.9. The summed E-state index contributed by atoms with van der Waals surface area (Å²) in [6, 6.07) is 5.04. The van der Waals surface area contributed by atoms with Gasteiger partial charge >= 0.3 is 5.97 Å². The highest BCUT2D eigenvalue weighted by Crippen LogP contribution is 2.46. The topological polar surface area (TPSA) is 26.3 Å². The highest BCUT2D eigenvalue weighted by molar-refractivity contribution is 5.73. The van der Waals surface area contributed by atoms with E-state index in [0.29, 0.717) is 23.7 Å². The molecule has 0 spiro atoms. The van der Waals surface area contributed by atoms with Gasteiger partial charge in [-0.05, 0) is 183 Å². The van der Waals surface area contributed by atoms with Crippen molar-refractivity contribution in [3.8, 4) is 0 Å². The first-order chi connectivity index (χ1) is 27.2. The van der Waals surface area contributed by atoms with Crippen LogP contribution in [0.3, 0.4) is 0 Å². The van der Waals surface area contributed by atoms with Gasteiger partial charge in [0.15, 0.2) is 0 Å². The van der Waals surface area contributed by atoms with Crippen LogP contribution in [0.1, 0.15) is 208 Å². The van der Waals surface area contributed by atoms with Crippen molar-refractivity contribution in [3.63, 3.8) is 0 Å². The number of rotatable bonds is 14. The largest absolute Gasteiger partial charge is 0.462 e. The molecular weight excluding hydrogens is 693 g/mol. The molecule has 4 aliphatic rings. The molecule has 57 heavy (non-hydrogen) atoms. The third-order valence-corrected chi connectivity index (χ3v) is 18.7. The van der Waals surface area contributed by atoms with E-state index in [1.807, 2.05) is 0 Å². The first-order valence-corrected chi connectivity index (χ1v) is 25.5. The molecule has 5 rings (SSSR count). The van der Waals surface area contributed by atoms with E-state index in [2.05, 4.69) is 109 Å². The van der Waals surface area contributed by atoms with Gasteiger partial charge in [-0.2, -0.15) is 0 Å². The Kier molecular flexibility index (Phi) is 19.6. The lowest BCUT2D eigenvalue weighted by Crippen LogP contribution is -2.42. The molecule has 0 aliphatic heterocycles. The van der Waals surface area contributed by atoms with Crippen LogP contribution in [0.25, 0.3) is 0 Å². The van der Waals surface area contributed by atoms with Gasteiger partial charge in [0.2, 0.25) is 0 Å². The van der Waals surface area contributed by atoms with E-state index in [0.717, 1.165) is 72.0 Å². The Morgan fingerprint density at radius 3 is 1.18 bits per heavy atom. The summed E-state index contributed by atoms with van der Waals surface area (Å²) >= 11 is 0. The van der Waals surface area contributed by atoms with Crippen molar-refractivity contribution in [2.45, 2.75) is 219 Å². The molecule has 0 N–H and O–H groups in total. The molecule has 4 saturated carbocycles. The molecule has 1 aromatic rings. The van der Waals surface area contributed by atoms with Crippen LogP contribution >= 0.6 is 0 Å². The maximum absolute atomic E-state index is 12.9. The number of ether oxygens (including phenoxy) is 1. The Morgan fingerprint density at radius 2 is 0.772 bits per heavy atom. The van der Waals surface area contributed by atoms with Crippen LogP contribution in [0.15, 0.2) is 12.1 Å². The van der Waals surface area contributed by atoms with E-state index in [1.54, 1.807) is 22.3 Å². The van der Waals surface area contributed by atoms with Gasteiger partial charge in [-0.25, -0.2) is 0 Å². The van der Waals surface area contributed by atoms with Gasteiger partial charge in [0.1, 0.15) is 6.10 Å². The second-order valence-corrected chi connectivity index (χ2v) is 21.5. The third kappa shape index (κ3) is 12.2. The van der Waals surface area contributed by atoms with Gasteiger partial charge in [0.25, 0.3) is 0 Å². The SMILES string of the molecule is CCCC1CCC(Cc2ccc(CC3CCC(CCC)C(C)C3C)c(C)c2C)C(C)C1C.CCCC1CCC(OC(=O)C2CCC(CCC)C(C)C2C)C(C)C1C. The molecule has 0 radical (unpaired) electrons. The number of esters is 1. The molecule has 0 bridgehead atoms. The van der Waals surface area contributed by atoms with Crippen LogP contribution in [0.4, 0.5) is 0 Å². The van der Waals surface area contributed by atoms with Crippen LogP contribution in [0.2, 0.25) is 0 Å². The number of hydrogen-bond donors (Lipinski definition) is 0. The van der Waals surface area contributed by atoms with Crippen LogP contribution < -0.4 is 0 Å². The normalized spacial score (nSPS) is 38.6. The minimum Gasteiger partial charge on any atom is -0.462 e. The zero-order chi connectivity index (χ0) is 42.0. The lowest BCUT2D eigenvalue weighted by atomic mass is 9.64. The van der Waals surface area contributed by atoms with Crippen LogP contribution in [-0.2, 0) is 22.4 Å². The zero-order valence-electron chi connectivity index (χ0n) is 40.4. The van der Waals surface area contributed by atoms with E-state index >= 15 is 0 Å². The first-order valence-electron chi connectivity index (χ1n) is 25.5. The summed E-state index contributed by atoms with van der Waals surface area (Å²) in [6.45, 7) is 33.6. The van der Waals surface area contributed by atoms with Gasteiger partial charge in [0, 0.05) is 0 Å². The molecule has 2 nitrogen and oxygen atoms in total. The molecule has 4 fully saturated rings. The predicted octanol–water partition coefficient (Wildman–Crippen LogP) is 16.1. The molecule has 1 aromatic carbocycles. The number of carbonyl (C=O) groups is 1. The van der Waals surface area contributed by atoms with Crippen molar-refractivity contribution in [1.82, 2.24) is 0 Å². The summed E-state index contributed by atoms with van der Waals surface area (Å²) in [5, 5.41) is 0. The first kappa shape index (κ1) is 48.4. The Hall–Kier alpha value is -1.31. The fourth-order valence-electron chi connectivity index (χ4n) is 13.4. The Balaban J connectivity index is 0.000000261. The highest BCUT2D eigenvalue weighted by atomic mass is 16.5. The lowest BCUT2D eigenvalue weighted by Gasteiger charge is -2.42. The standard InChI is InChI=1S/C32H54.C23H42O2/c1-9-11-27-13-15-29(23(5)21(27)3)19-31-17-18-32(26(8)25(31)7)20-30-16-14-28(12-10-2)22(4)24(30)6;1-7-9-19-11-13-21(17(5)15(19)3)23(24)25-22-14-12-20(10-8-2)16(4)18(22)6/h17-18,21-24,27-30H,9-16,19-20H2,1-8H3;15-22H,7-14H2,1-6H3. The van der Waals surface area contributed by atoms with Crippen molar-refractivity contribution in [3.05, 3.63) is 34.4 Å². The van der Waals surface area contributed by atoms with Gasteiger partial charge in [-0.3, -0.25) is 4.79 Å². The van der Waals surface area contributed by atoms with Gasteiger partial charge in [-0.1, -0.05) is 147 Å². The highest BCUT2D eigenvalue weighted by Gasteiger charge is 2.42. The fraction of sp³-hybridized carbons (Fsp3) is 0.873. The smallest absolute Gasteiger partial charge is 0.309 e. The summed E-state index contributed by atoms with van der Waals surface area (Å²) < 4.78 is 6.11. The molecule has 0 heterocycles. The zero-order valence-corrected chi connectivity index (χ0v) is 40.4. The minimum absolute atomic E-state index is 0.104. The van der Waals surface area contributed by atoms with E-state index in [-0.39, 0.29) is 18.0 Å². The van der Waals surface area contributed by atoms with Gasteiger partial charge in [0.05, 0.1) is 5.92 Å². The average Bonchev–Trinajstić information content (AvgIpc) is 3.19. The van der Waals surface area contributed by atoms with Crippen molar-refractivity contribution >= 4 is 5.97 Å². The average molecular weight is 789 g/mol. The number of benzene rings is 1. The molecule has 0 aromatic heterocycles. The second-order valence-electron chi connectivity index (χ2n) is 21.5. The van der Waals surface area contributed by atoms with E-state index < -0.39 is 0 Å². The van der Waals surface area contributed by atoms with E-state index in [4.69, 9.17) is 4.74 Å².